The summed E-state index contributed by atoms with van der Waals surface area (Å²) in [5.41, 5.74) is -0.507. The van der Waals surface area contributed by atoms with E-state index in [1.165, 1.54) is 0 Å². The molecule has 1 atom stereocenters. The number of aliphatic imine (C=N–C) groups is 1. The monoisotopic (exact) mass is 425 g/mol. The zero-order valence-electron chi connectivity index (χ0n) is 20.1. The summed E-state index contributed by atoms with van der Waals surface area (Å²) in [6, 6.07) is 0.0198. The molecule has 0 spiro atoms. The summed E-state index contributed by atoms with van der Waals surface area (Å²) in [6.07, 6.45) is 2.94. The third kappa shape index (κ3) is 10.2. The molecule has 1 fully saturated rings. The van der Waals surface area contributed by atoms with Crippen molar-refractivity contribution in [3.63, 3.8) is 0 Å². The number of ether oxygens (including phenoxy) is 1. The van der Waals surface area contributed by atoms with Crippen LogP contribution < -0.4 is 10.6 Å². The first kappa shape index (κ1) is 26.0. The number of nitrogens with one attached hydrogen (secondary N) is 2. The number of nitrogens with zero attached hydrogens (tertiary/aromatic N) is 3. The first-order chi connectivity index (χ1) is 14.0. The van der Waals surface area contributed by atoms with Gasteiger partial charge < -0.3 is 25.2 Å². The molecule has 2 N–H and O–H groups in total. The minimum absolute atomic E-state index is 0.0198. The lowest BCUT2D eigenvalue weighted by Crippen LogP contribution is -2.45. The molecular weight excluding hydrogens is 382 g/mol. The Kier molecular flexibility index (Phi) is 11.0. The highest BCUT2D eigenvalue weighted by Crippen LogP contribution is 2.12. The number of alkyl carbamates (subject to hydrolysis) is 1. The van der Waals surface area contributed by atoms with E-state index in [2.05, 4.69) is 29.4 Å². The van der Waals surface area contributed by atoms with Gasteiger partial charge in [0.1, 0.15) is 5.60 Å². The molecule has 1 rings (SSSR count). The van der Waals surface area contributed by atoms with Crippen LogP contribution in [-0.2, 0) is 9.53 Å². The van der Waals surface area contributed by atoms with Crippen molar-refractivity contribution in [3.05, 3.63) is 0 Å². The van der Waals surface area contributed by atoms with Crippen LogP contribution in [0.15, 0.2) is 4.99 Å². The molecule has 0 radical (unpaired) electrons. The summed E-state index contributed by atoms with van der Waals surface area (Å²) < 4.78 is 5.40. The van der Waals surface area contributed by atoms with Gasteiger partial charge >= 0.3 is 6.09 Å². The molecular formula is C22H43N5O3. The van der Waals surface area contributed by atoms with Gasteiger partial charge in [0, 0.05) is 52.2 Å². The zero-order chi connectivity index (χ0) is 22.7. The van der Waals surface area contributed by atoms with E-state index in [4.69, 9.17) is 9.73 Å². The summed E-state index contributed by atoms with van der Waals surface area (Å²) in [6.45, 7) is 15.7. The van der Waals surface area contributed by atoms with Crippen LogP contribution in [0.3, 0.4) is 0 Å². The van der Waals surface area contributed by atoms with E-state index in [0.717, 1.165) is 51.4 Å². The van der Waals surface area contributed by atoms with E-state index in [-0.39, 0.29) is 18.0 Å². The summed E-state index contributed by atoms with van der Waals surface area (Å²) in [4.78, 5) is 32.6. The molecule has 1 unspecified atom stereocenters. The Morgan fingerprint density at radius 1 is 1.33 bits per heavy atom. The standard InChI is InChI=1S/C22H43N5O3/c1-8-23-20(24-13-10-15-27-14-9-11-19(27)28)26(7)16-12-18(17(2)3)25-21(29)30-22(4,5)6/h17-18H,8-16H2,1-7H3,(H,23,24)(H,25,29). The van der Waals surface area contributed by atoms with Gasteiger partial charge in [-0.05, 0) is 52.9 Å². The molecule has 2 amide bonds. The van der Waals surface area contributed by atoms with Gasteiger partial charge in [-0.1, -0.05) is 13.8 Å². The molecule has 0 bridgehead atoms. The normalized spacial score (nSPS) is 16.1. The predicted molar refractivity (Wildman–Crippen MR) is 122 cm³/mol. The summed E-state index contributed by atoms with van der Waals surface area (Å²) in [5, 5.41) is 6.33. The molecule has 8 heteroatoms. The van der Waals surface area contributed by atoms with Gasteiger partial charge in [-0.15, -0.1) is 0 Å². The molecule has 0 aromatic heterocycles. The fourth-order valence-electron chi connectivity index (χ4n) is 3.33. The van der Waals surface area contributed by atoms with Crippen molar-refractivity contribution in [2.45, 2.75) is 78.9 Å². The van der Waals surface area contributed by atoms with E-state index in [0.29, 0.717) is 18.9 Å². The molecule has 1 heterocycles. The van der Waals surface area contributed by atoms with E-state index in [1.54, 1.807) is 0 Å². The molecule has 30 heavy (non-hydrogen) atoms. The summed E-state index contributed by atoms with van der Waals surface area (Å²) in [7, 11) is 2.01. The van der Waals surface area contributed by atoms with Gasteiger partial charge in [-0.3, -0.25) is 9.79 Å². The molecule has 0 aliphatic carbocycles. The number of carbonyl (C=O) groups is 2. The maximum atomic E-state index is 12.2. The largest absolute Gasteiger partial charge is 0.444 e. The fraction of sp³-hybridized carbons (Fsp3) is 0.864. The first-order valence-corrected chi connectivity index (χ1v) is 11.3. The highest BCUT2D eigenvalue weighted by molar-refractivity contribution is 5.79. The lowest BCUT2D eigenvalue weighted by Gasteiger charge is -2.28. The number of carbonyl (C=O) groups excluding carboxylic acids is 2. The number of likely N-dealkylation sites (tertiary alicyclic amines) is 1. The van der Waals surface area contributed by atoms with E-state index in [9.17, 15) is 9.59 Å². The molecule has 0 saturated carbocycles. The van der Waals surface area contributed by atoms with Gasteiger partial charge in [0.15, 0.2) is 5.96 Å². The average molecular weight is 426 g/mol. The van der Waals surface area contributed by atoms with Crippen molar-refractivity contribution in [2.24, 2.45) is 10.9 Å². The smallest absolute Gasteiger partial charge is 0.407 e. The van der Waals surface area contributed by atoms with E-state index in [1.807, 2.05) is 39.6 Å². The van der Waals surface area contributed by atoms with Crippen molar-refractivity contribution in [1.29, 1.82) is 0 Å². The topological polar surface area (TPSA) is 86.3 Å². The second-order valence-electron chi connectivity index (χ2n) is 9.28. The van der Waals surface area contributed by atoms with Crippen molar-refractivity contribution in [2.75, 3.05) is 39.8 Å². The fourth-order valence-corrected chi connectivity index (χ4v) is 3.33. The molecule has 0 aromatic carbocycles. The van der Waals surface area contributed by atoms with Gasteiger partial charge in [0.25, 0.3) is 0 Å². The summed E-state index contributed by atoms with van der Waals surface area (Å²) >= 11 is 0. The van der Waals surface area contributed by atoms with E-state index >= 15 is 0 Å². The van der Waals surface area contributed by atoms with Gasteiger partial charge in [0.2, 0.25) is 5.91 Å². The number of hydrogen-bond acceptors (Lipinski definition) is 4. The SMILES string of the molecule is CCNC(=NCCCN1CCCC1=O)N(C)CCC(NC(=O)OC(C)(C)C)C(C)C. The van der Waals surface area contributed by atoms with Gasteiger partial charge in [-0.25, -0.2) is 4.79 Å². The van der Waals surface area contributed by atoms with Crippen LogP contribution in [0.4, 0.5) is 4.79 Å². The van der Waals surface area contributed by atoms with Crippen molar-refractivity contribution in [3.8, 4) is 0 Å². The minimum Gasteiger partial charge on any atom is -0.444 e. The maximum absolute atomic E-state index is 12.2. The Balaban J connectivity index is 2.52. The highest BCUT2D eigenvalue weighted by atomic mass is 16.6. The minimum atomic E-state index is -0.507. The summed E-state index contributed by atoms with van der Waals surface area (Å²) in [5.74, 6) is 1.41. The molecule has 1 saturated heterocycles. The van der Waals surface area contributed by atoms with Crippen LogP contribution >= 0.6 is 0 Å². The van der Waals surface area contributed by atoms with Crippen LogP contribution in [-0.4, -0.2) is 79.2 Å². The number of rotatable bonds is 10. The number of hydrogen-bond donors (Lipinski definition) is 2. The first-order valence-electron chi connectivity index (χ1n) is 11.3. The molecule has 1 aliphatic rings. The second-order valence-corrected chi connectivity index (χ2v) is 9.28. The van der Waals surface area contributed by atoms with E-state index < -0.39 is 5.60 Å². The Morgan fingerprint density at radius 2 is 2.03 bits per heavy atom. The number of guanidine groups is 1. The average Bonchev–Trinajstić information content (AvgIpc) is 3.04. The third-order valence-corrected chi connectivity index (χ3v) is 5.00. The van der Waals surface area contributed by atoms with Crippen molar-refractivity contribution in [1.82, 2.24) is 20.4 Å². The Bertz CT molecular complexity index is 572. The zero-order valence-corrected chi connectivity index (χ0v) is 20.1. The lowest BCUT2D eigenvalue weighted by molar-refractivity contribution is -0.127. The lowest BCUT2D eigenvalue weighted by atomic mass is 10.0. The Labute approximate surface area is 182 Å². The second kappa shape index (κ2) is 12.6. The predicted octanol–water partition coefficient (Wildman–Crippen LogP) is 2.84. The number of amides is 2. The van der Waals surface area contributed by atoms with Crippen LogP contribution in [0, 0.1) is 5.92 Å². The van der Waals surface area contributed by atoms with Crippen LogP contribution in [0.25, 0.3) is 0 Å². The van der Waals surface area contributed by atoms with Crippen molar-refractivity contribution >= 4 is 18.0 Å². The third-order valence-electron chi connectivity index (χ3n) is 5.00. The maximum Gasteiger partial charge on any atom is 0.407 e. The van der Waals surface area contributed by atoms with Crippen LogP contribution in [0.1, 0.15) is 67.2 Å². The van der Waals surface area contributed by atoms with Gasteiger partial charge in [-0.2, -0.15) is 0 Å². The highest BCUT2D eigenvalue weighted by Gasteiger charge is 2.22. The molecule has 0 aromatic rings. The van der Waals surface area contributed by atoms with Crippen LogP contribution in [0.5, 0.6) is 0 Å². The molecule has 1 aliphatic heterocycles. The van der Waals surface area contributed by atoms with Crippen molar-refractivity contribution < 1.29 is 14.3 Å². The molecule has 174 valence electrons. The Hall–Kier alpha value is -1.99. The van der Waals surface area contributed by atoms with Gasteiger partial charge in [0.05, 0.1) is 0 Å². The Morgan fingerprint density at radius 3 is 2.57 bits per heavy atom. The quantitative estimate of drug-likeness (QED) is 0.319. The molecule has 8 nitrogen and oxygen atoms in total. The van der Waals surface area contributed by atoms with Crippen LogP contribution in [0.2, 0.25) is 0 Å².